The molecule has 3 rings (SSSR count). The van der Waals surface area contributed by atoms with E-state index in [-0.39, 0.29) is 10.8 Å². The highest BCUT2D eigenvalue weighted by atomic mass is 32.2. The van der Waals surface area contributed by atoms with E-state index in [1.807, 2.05) is 55.8 Å². The summed E-state index contributed by atoms with van der Waals surface area (Å²) in [5.74, 6) is -0.110. The fraction of sp³-hybridized carbons (Fsp3) is 0.318. The molecule has 3 aromatic rings. The molecule has 1 aromatic heterocycles. The van der Waals surface area contributed by atoms with Crippen LogP contribution in [0.25, 0.3) is 10.9 Å². The maximum atomic E-state index is 13.0. The van der Waals surface area contributed by atoms with Crippen LogP contribution in [0.2, 0.25) is 0 Å². The van der Waals surface area contributed by atoms with E-state index >= 15 is 0 Å². The minimum Gasteiger partial charge on any atom is -0.340 e. The molecule has 154 valence electrons. The zero-order chi connectivity index (χ0) is 21.2. The standard InChI is InChI=1S/C22H27N3O3S/c1-5-25(6-2)29(27,28)19-12-13-20-18(14-19)15-21(24(20)4)22(26)23(3)16-17-10-8-7-9-11-17/h7-15H,5-6,16H2,1-4H3. The van der Waals surface area contributed by atoms with E-state index in [1.54, 1.807) is 36.2 Å². The van der Waals surface area contributed by atoms with Crippen molar-refractivity contribution >= 4 is 26.8 Å². The van der Waals surface area contributed by atoms with Crippen molar-refractivity contribution in [2.75, 3.05) is 20.1 Å². The Balaban J connectivity index is 1.94. The van der Waals surface area contributed by atoms with Crippen LogP contribution in [0.3, 0.4) is 0 Å². The molecule has 0 saturated heterocycles. The molecule has 0 bridgehead atoms. The molecule has 1 amide bonds. The topological polar surface area (TPSA) is 62.6 Å². The molecule has 7 heteroatoms. The van der Waals surface area contributed by atoms with Crippen LogP contribution < -0.4 is 0 Å². The summed E-state index contributed by atoms with van der Waals surface area (Å²) in [6.07, 6.45) is 0. The first-order valence-corrected chi connectivity index (χ1v) is 11.1. The van der Waals surface area contributed by atoms with Crippen LogP contribution in [0.1, 0.15) is 29.9 Å². The normalized spacial score (nSPS) is 11.9. The fourth-order valence-electron chi connectivity index (χ4n) is 3.53. The second kappa shape index (κ2) is 8.39. The highest BCUT2D eigenvalue weighted by Crippen LogP contribution is 2.25. The summed E-state index contributed by atoms with van der Waals surface area (Å²) in [5, 5.41) is 0.734. The lowest BCUT2D eigenvalue weighted by Crippen LogP contribution is -2.30. The number of hydrogen-bond donors (Lipinski definition) is 0. The Morgan fingerprint density at radius 1 is 1.00 bits per heavy atom. The molecule has 0 aliphatic rings. The number of aryl methyl sites for hydroxylation is 1. The SMILES string of the molecule is CCN(CC)S(=O)(=O)c1ccc2c(c1)cc(C(=O)N(C)Cc1ccccc1)n2C. The van der Waals surface area contributed by atoms with Crippen molar-refractivity contribution in [1.29, 1.82) is 0 Å². The number of sulfonamides is 1. The van der Waals surface area contributed by atoms with Gasteiger partial charge >= 0.3 is 0 Å². The number of benzene rings is 2. The number of amides is 1. The molecule has 0 unspecified atom stereocenters. The third kappa shape index (κ3) is 4.06. The van der Waals surface area contributed by atoms with E-state index in [4.69, 9.17) is 0 Å². The molecule has 0 atom stereocenters. The predicted molar refractivity (Wildman–Crippen MR) is 115 cm³/mol. The molecule has 1 heterocycles. The Labute approximate surface area is 172 Å². The molecule has 2 aromatic carbocycles. The third-order valence-corrected chi connectivity index (χ3v) is 7.23. The van der Waals surface area contributed by atoms with Gasteiger partial charge < -0.3 is 9.47 Å². The van der Waals surface area contributed by atoms with Gasteiger partial charge in [0.25, 0.3) is 5.91 Å². The predicted octanol–water partition coefficient (Wildman–Crippen LogP) is 3.48. The average Bonchev–Trinajstić information content (AvgIpc) is 3.05. The van der Waals surface area contributed by atoms with Gasteiger partial charge in [-0.25, -0.2) is 8.42 Å². The van der Waals surface area contributed by atoms with Crippen molar-refractivity contribution in [3.63, 3.8) is 0 Å². The van der Waals surface area contributed by atoms with Gasteiger partial charge in [0.2, 0.25) is 10.0 Å². The summed E-state index contributed by atoms with van der Waals surface area (Å²) in [7, 11) is 0.0462. The lowest BCUT2D eigenvalue weighted by atomic mass is 10.2. The minimum absolute atomic E-state index is 0.110. The summed E-state index contributed by atoms with van der Waals surface area (Å²) in [6, 6.07) is 16.6. The molecule has 0 aliphatic carbocycles. The zero-order valence-corrected chi connectivity index (χ0v) is 18.1. The van der Waals surface area contributed by atoms with Gasteiger partial charge in [0.05, 0.1) is 4.90 Å². The van der Waals surface area contributed by atoms with Crippen molar-refractivity contribution in [1.82, 2.24) is 13.8 Å². The summed E-state index contributed by atoms with van der Waals surface area (Å²) in [5.41, 5.74) is 2.39. The number of fused-ring (bicyclic) bond motifs is 1. The van der Waals surface area contributed by atoms with Crippen molar-refractivity contribution in [2.45, 2.75) is 25.3 Å². The van der Waals surface area contributed by atoms with Gasteiger partial charge in [-0.15, -0.1) is 0 Å². The van der Waals surface area contributed by atoms with Crippen LogP contribution in [-0.2, 0) is 23.6 Å². The van der Waals surface area contributed by atoms with Crippen LogP contribution in [0.4, 0.5) is 0 Å². The van der Waals surface area contributed by atoms with Crippen LogP contribution >= 0.6 is 0 Å². The van der Waals surface area contributed by atoms with E-state index in [9.17, 15) is 13.2 Å². The smallest absolute Gasteiger partial charge is 0.270 e. The molecule has 29 heavy (non-hydrogen) atoms. The summed E-state index contributed by atoms with van der Waals surface area (Å²) in [4.78, 5) is 14.9. The second-order valence-electron chi connectivity index (χ2n) is 7.05. The molecular weight excluding hydrogens is 386 g/mol. The minimum atomic E-state index is -3.54. The van der Waals surface area contributed by atoms with E-state index in [0.29, 0.717) is 25.3 Å². The van der Waals surface area contributed by atoms with Gasteiger partial charge in [-0.2, -0.15) is 4.31 Å². The van der Waals surface area contributed by atoms with Crippen molar-refractivity contribution < 1.29 is 13.2 Å². The number of carbonyl (C=O) groups excluding carboxylic acids is 1. The first kappa shape index (κ1) is 21.1. The van der Waals surface area contributed by atoms with Crippen molar-refractivity contribution in [2.24, 2.45) is 7.05 Å². The molecule has 0 radical (unpaired) electrons. The summed E-state index contributed by atoms with van der Waals surface area (Å²) >= 11 is 0. The van der Waals surface area contributed by atoms with Crippen LogP contribution in [-0.4, -0.2) is 48.2 Å². The van der Waals surface area contributed by atoms with Crippen LogP contribution in [0, 0.1) is 0 Å². The Bertz CT molecular complexity index is 1120. The van der Waals surface area contributed by atoms with E-state index in [0.717, 1.165) is 16.5 Å². The fourth-order valence-corrected chi connectivity index (χ4v) is 5.02. The van der Waals surface area contributed by atoms with Crippen molar-refractivity contribution in [3.05, 3.63) is 65.9 Å². The largest absolute Gasteiger partial charge is 0.340 e. The molecule has 0 N–H and O–H groups in total. The van der Waals surface area contributed by atoms with Gasteiger partial charge in [-0.05, 0) is 29.8 Å². The first-order chi connectivity index (χ1) is 13.8. The van der Waals surface area contributed by atoms with Crippen molar-refractivity contribution in [3.8, 4) is 0 Å². The quantitative estimate of drug-likeness (QED) is 0.596. The molecule has 0 spiro atoms. The summed E-state index contributed by atoms with van der Waals surface area (Å²) < 4.78 is 28.9. The van der Waals surface area contributed by atoms with Gasteiger partial charge in [0, 0.05) is 44.6 Å². The number of carbonyl (C=O) groups is 1. The number of nitrogens with zero attached hydrogens (tertiary/aromatic N) is 3. The average molecular weight is 414 g/mol. The van der Waals surface area contributed by atoms with Gasteiger partial charge in [0.15, 0.2) is 0 Å². The molecule has 6 nitrogen and oxygen atoms in total. The lowest BCUT2D eigenvalue weighted by Gasteiger charge is -2.18. The monoisotopic (exact) mass is 413 g/mol. The van der Waals surface area contributed by atoms with Crippen LogP contribution in [0.5, 0.6) is 0 Å². The van der Waals surface area contributed by atoms with Gasteiger partial charge in [-0.1, -0.05) is 44.2 Å². The van der Waals surface area contributed by atoms with E-state index in [1.165, 1.54) is 4.31 Å². The van der Waals surface area contributed by atoms with Crippen LogP contribution in [0.15, 0.2) is 59.5 Å². The lowest BCUT2D eigenvalue weighted by molar-refractivity contribution is 0.0776. The summed E-state index contributed by atoms with van der Waals surface area (Å²) in [6.45, 7) is 4.98. The molecular formula is C22H27N3O3S. The molecule has 0 saturated carbocycles. The maximum Gasteiger partial charge on any atom is 0.270 e. The Morgan fingerprint density at radius 2 is 1.66 bits per heavy atom. The Hall–Kier alpha value is -2.64. The third-order valence-electron chi connectivity index (χ3n) is 5.19. The highest BCUT2D eigenvalue weighted by molar-refractivity contribution is 7.89. The number of rotatable bonds is 7. The number of aromatic nitrogens is 1. The molecule has 0 aliphatic heterocycles. The van der Waals surface area contributed by atoms with Gasteiger partial charge in [-0.3, -0.25) is 4.79 Å². The Kier molecular flexibility index (Phi) is 6.10. The zero-order valence-electron chi connectivity index (χ0n) is 17.3. The van der Waals surface area contributed by atoms with Gasteiger partial charge in [0.1, 0.15) is 5.69 Å². The Morgan fingerprint density at radius 3 is 2.28 bits per heavy atom. The number of hydrogen-bond acceptors (Lipinski definition) is 3. The second-order valence-corrected chi connectivity index (χ2v) is 8.98. The maximum absolute atomic E-state index is 13.0. The highest BCUT2D eigenvalue weighted by Gasteiger charge is 2.23. The van der Waals surface area contributed by atoms with E-state index in [2.05, 4.69) is 0 Å². The first-order valence-electron chi connectivity index (χ1n) is 9.68. The molecule has 0 fully saturated rings. The van der Waals surface area contributed by atoms with E-state index < -0.39 is 10.0 Å².